The zero-order valence-corrected chi connectivity index (χ0v) is 22.8. The van der Waals surface area contributed by atoms with E-state index in [1.54, 1.807) is 4.68 Å². The summed E-state index contributed by atoms with van der Waals surface area (Å²) in [4.78, 5) is 17.1. The van der Waals surface area contributed by atoms with Crippen molar-refractivity contribution in [1.29, 1.82) is 0 Å². The van der Waals surface area contributed by atoms with E-state index in [1.807, 2.05) is 49.4 Å². The van der Waals surface area contributed by atoms with Gasteiger partial charge in [-0.3, -0.25) is 4.79 Å². The zero-order chi connectivity index (χ0) is 28.9. The van der Waals surface area contributed by atoms with Crippen molar-refractivity contribution in [2.75, 3.05) is 0 Å². The maximum atomic E-state index is 13.3. The van der Waals surface area contributed by atoms with Gasteiger partial charge in [0.1, 0.15) is 6.33 Å². The van der Waals surface area contributed by atoms with Crippen molar-refractivity contribution >= 4 is 17.5 Å². The molecule has 8 nitrogen and oxygen atoms in total. The number of benzene rings is 2. The predicted octanol–water partition coefficient (Wildman–Crippen LogP) is 5.48. The van der Waals surface area contributed by atoms with E-state index in [0.29, 0.717) is 24.2 Å². The highest BCUT2D eigenvalue weighted by Crippen LogP contribution is 2.30. The number of pyridine rings is 1. The maximum absolute atomic E-state index is 13.3. The Balaban J connectivity index is 1.53. The average Bonchev–Trinajstić information content (AvgIpc) is 3.41. The van der Waals surface area contributed by atoms with Crippen LogP contribution in [0.15, 0.2) is 73.2 Å². The monoisotopic (exact) mass is 572 g/mol. The summed E-state index contributed by atoms with van der Waals surface area (Å²) in [5, 5.41) is 14.9. The number of hydrogen-bond acceptors (Lipinski definition) is 6. The topological polar surface area (TPSA) is 94.8 Å². The molecule has 0 aliphatic heterocycles. The Labute approximate surface area is 234 Å². The van der Waals surface area contributed by atoms with Crippen LogP contribution in [-0.2, 0) is 23.9 Å². The molecule has 1 N–H and O–H groups in total. The number of hydrogen-bond donors (Lipinski definition) is 1. The van der Waals surface area contributed by atoms with Crippen LogP contribution in [0.4, 0.5) is 13.2 Å². The Morgan fingerprint density at radius 3 is 2.45 bits per heavy atom. The molecule has 2 aromatic carbocycles. The number of halogens is 4. The van der Waals surface area contributed by atoms with E-state index in [9.17, 15) is 18.0 Å². The van der Waals surface area contributed by atoms with Gasteiger partial charge in [-0.2, -0.15) is 13.2 Å². The molecule has 0 aliphatic carbocycles. The highest BCUT2D eigenvalue weighted by Gasteiger charge is 2.34. The number of ether oxygens (including phenoxy) is 1. The van der Waals surface area contributed by atoms with Crippen LogP contribution in [0.25, 0.3) is 0 Å². The second kappa shape index (κ2) is 12.0. The van der Waals surface area contributed by atoms with Crippen LogP contribution in [0.2, 0.25) is 5.02 Å². The van der Waals surface area contributed by atoms with Gasteiger partial charge < -0.3 is 10.1 Å². The Hall–Kier alpha value is -3.99. The molecule has 4 aromatic rings. The molecular formula is C28H28ClF3N6O2. The minimum absolute atomic E-state index is 0.0891. The summed E-state index contributed by atoms with van der Waals surface area (Å²) in [6.07, 6.45) is -1.70. The Morgan fingerprint density at radius 2 is 1.82 bits per heavy atom. The first-order chi connectivity index (χ1) is 18.9. The molecule has 1 amide bonds. The van der Waals surface area contributed by atoms with Crippen LogP contribution in [0.3, 0.4) is 0 Å². The fourth-order valence-electron chi connectivity index (χ4n) is 4.22. The molecule has 40 heavy (non-hydrogen) atoms. The van der Waals surface area contributed by atoms with Gasteiger partial charge in [0.25, 0.3) is 5.91 Å². The van der Waals surface area contributed by atoms with Crippen molar-refractivity contribution in [3.63, 3.8) is 0 Å². The summed E-state index contributed by atoms with van der Waals surface area (Å²) in [6.45, 7) is 5.46. The van der Waals surface area contributed by atoms with Gasteiger partial charge in [-0.05, 0) is 72.5 Å². The van der Waals surface area contributed by atoms with Gasteiger partial charge in [0.2, 0.25) is 5.88 Å². The summed E-state index contributed by atoms with van der Waals surface area (Å²) in [5.41, 5.74) is 0.709. The van der Waals surface area contributed by atoms with Gasteiger partial charge in [0, 0.05) is 29.2 Å². The molecule has 0 spiro atoms. The van der Waals surface area contributed by atoms with Crippen LogP contribution in [0, 0.1) is 0 Å². The van der Waals surface area contributed by atoms with E-state index in [0.717, 1.165) is 28.8 Å². The Bertz CT molecular complexity index is 1410. The number of aromatic nitrogens is 5. The van der Waals surface area contributed by atoms with Gasteiger partial charge in [0.15, 0.2) is 5.60 Å². The highest BCUT2D eigenvalue weighted by molar-refractivity contribution is 6.30. The minimum atomic E-state index is -4.52. The van der Waals surface area contributed by atoms with Gasteiger partial charge in [-0.25, -0.2) is 9.67 Å². The quantitative estimate of drug-likeness (QED) is 0.270. The maximum Gasteiger partial charge on any atom is 0.417 e. The lowest BCUT2D eigenvalue weighted by molar-refractivity contribution is -0.138. The number of carbonyl (C=O) groups excluding carboxylic acids is 1. The van der Waals surface area contributed by atoms with Crippen molar-refractivity contribution in [3.05, 3.63) is 100 Å². The van der Waals surface area contributed by atoms with Gasteiger partial charge in [0.05, 0.1) is 12.1 Å². The van der Waals surface area contributed by atoms with E-state index in [-0.39, 0.29) is 17.8 Å². The molecule has 0 radical (unpaired) electrons. The number of carbonyl (C=O) groups is 1. The SMILES string of the molecule is CC(NC(=O)C(C)(C)Oc1ccc(C(F)(F)F)cn1)C(Cc1ccc(Cl)cc1)c1cccc(Cn2cnnn2)c1. The molecule has 0 saturated heterocycles. The lowest BCUT2D eigenvalue weighted by Gasteiger charge is -2.31. The van der Waals surface area contributed by atoms with Crippen LogP contribution < -0.4 is 10.1 Å². The molecule has 2 atom stereocenters. The van der Waals surface area contributed by atoms with E-state index >= 15 is 0 Å². The molecule has 0 saturated carbocycles. The lowest BCUT2D eigenvalue weighted by Crippen LogP contribution is -2.51. The summed E-state index contributed by atoms with van der Waals surface area (Å²) < 4.78 is 46.0. The molecule has 0 bridgehead atoms. The van der Waals surface area contributed by atoms with Crippen LogP contribution in [0.5, 0.6) is 5.88 Å². The van der Waals surface area contributed by atoms with Crippen molar-refractivity contribution in [3.8, 4) is 5.88 Å². The fraction of sp³-hybridized carbons (Fsp3) is 0.321. The van der Waals surface area contributed by atoms with Crippen molar-refractivity contribution in [1.82, 2.24) is 30.5 Å². The van der Waals surface area contributed by atoms with Crippen molar-refractivity contribution < 1.29 is 22.7 Å². The number of nitrogens with zero attached hydrogens (tertiary/aromatic N) is 5. The minimum Gasteiger partial charge on any atom is -0.462 e. The fourth-order valence-corrected chi connectivity index (χ4v) is 4.34. The molecule has 0 aliphatic rings. The first-order valence-electron chi connectivity index (χ1n) is 12.5. The largest absolute Gasteiger partial charge is 0.462 e. The smallest absolute Gasteiger partial charge is 0.417 e. The summed E-state index contributed by atoms with van der Waals surface area (Å²) in [5.74, 6) is -0.666. The van der Waals surface area contributed by atoms with E-state index < -0.39 is 23.2 Å². The third-order valence-corrected chi connectivity index (χ3v) is 6.67. The molecule has 210 valence electrons. The molecule has 2 unspecified atom stereocenters. The van der Waals surface area contributed by atoms with E-state index in [1.165, 1.54) is 20.2 Å². The third-order valence-electron chi connectivity index (χ3n) is 6.42. The van der Waals surface area contributed by atoms with Crippen molar-refractivity contribution in [2.45, 2.75) is 57.5 Å². The van der Waals surface area contributed by atoms with Crippen LogP contribution >= 0.6 is 11.6 Å². The molecule has 0 fully saturated rings. The number of rotatable bonds is 10. The first-order valence-corrected chi connectivity index (χ1v) is 12.9. The van der Waals surface area contributed by atoms with Crippen LogP contribution in [-0.4, -0.2) is 42.7 Å². The molecule has 12 heteroatoms. The zero-order valence-electron chi connectivity index (χ0n) is 22.1. The second-order valence-electron chi connectivity index (χ2n) is 9.95. The molecule has 2 heterocycles. The second-order valence-corrected chi connectivity index (χ2v) is 10.4. The molecule has 4 rings (SSSR count). The Kier molecular flexibility index (Phi) is 8.73. The first kappa shape index (κ1) is 29.0. The molecule has 2 aromatic heterocycles. The standard InChI is InChI=1S/C28H28ClF3N6O2/c1-18(35-26(39)27(2,3)40-25-12-9-22(15-33-25)28(30,31)32)24(14-19-7-10-23(29)11-8-19)21-6-4-5-20(13-21)16-38-17-34-36-37-38/h4-13,15,17-18,24H,14,16H2,1-3H3,(H,35,39). The summed E-state index contributed by atoms with van der Waals surface area (Å²) in [6, 6.07) is 17.1. The number of tetrazole rings is 1. The number of alkyl halides is 3. The van der Waals surface area contributed by atoms with Crippen LogP contribution in [0.1, 0.15) is 48.9 Å². The van der Waals surface area contributed by atoms with E-state index in [4.69, 9.17) is 16.3 Å². The summed E-state index contributed by atoms with van der Waals surface area (Å²) in [7, 11) is 0. The average molecular weight is 573 g/mol. The van der Waals surface area contributed by atoms with Gasteiger partial charge in [-0.1, -0.05) is 48.0 Å². The normalized spacial score (nSPS) is 13.5. The Morgan fingerprint density at radius 1 is 1.07 bits per heavy atom. The van der Waals surface area contributed by atoms with Gasteiger partial charge in [-0.15, -0.1) is 5.10 Å². The van der Waals surface area contributed by atoms with Gasteiger partial charge >= 0.3 is 6.18 Å². The van der Waals surface area contributed by atoms with E-state index in [2.05, 4.69) is 31.9 Å². The third kappa shape index (κ3) is 7.56. The number of amides is 1. The predicted molar refractivity (Wildman–Crippen MR) is 143 cm³/mol. The number of nitrogens with one attached hydrogen (secondary N) is 1. The summed E-state index contributed by atoms with van der Waals surface area (Å²) >= 11 is 6.08. The lowest BCUT2D eigenvalue weighted by atomic mass is 9.85. The molecular weight excluding hydrogens is 545 g/mol. The van der Waals surface area contributed by atoms with Crippen molar-refractivity contribution in [2.24, 2.45) is 0 Å². The highest BCUT2D eigenvalue weighted by atomic mass is 35.5.